The number of benzene rings is 1. The molecule has 0 aliphatic carbocycles. The Labute approximate surface area is 106 Å². The van der Waals surface area contributed by atoms with E-state index in [1.54, 1.807) is 6.20 Å². The SMILES string of the molecule is CCCCc1ccc(COc2cnsn2)cc1. The number of hydrogen-bond donors (Lipinski definition) is 0. The Morgan fingerprint density at radius 3 is 2.59 bits per heavy atom. The van der Waals surface area contributed by atoms with E-state index in [9.17, 15) is 0 Å². The average molecular weight is 248 g/mol. The van der Waals surface area contributed by atoms with Crippen molar-refractivity contribution in [1.29, 1.82) is 0 Å². The molecule has 3 nitrogen and oxygen atoms in total. The maximum Gasteiger partial charge on any atom is 0.246 e. The number of ether oxygens (including phenoxy) is 1. The van der Waals surface area contributed by atoms with Gasteiger partial charge in [-0.25, -0.2) is 0 Å². The van der Waals surface area contributed by atoms with Crippen molar-refractivity contribution in [3.8, 4) is 5.88 Å². The fraction of sp³-hybridized carbons (Fsp3) is 0.385. The second-order valence-corrected chi connectivity index (χ2v) is 4.51. The Morgan fingerprint density at radius 1 is 1.18 bits per heavy atom. The molecule has 0 spiro atoms. The molecule has 0 saturated carbocycles. The summed E-state index contributed by atoms with van der Waals surface area (Å²) in [4.78, 5) is 0. The highest BCUT2D eigenvalue weighted by atomic mass is 32.1. The number of hydrogen-bond acceptors (Lipinski definition) is 4. The molecule has 0 bridgehead atoms. The predicted octanol–water partition coefficient (Wildman–Crippen LogP) is 3.46. The second-order valence-electron chi connectivity index (χ2n) is 3.95. The van der Waals surface area contributed by atoms with Gasteiger partial charge in [0.25, 0.3) is 0 Å². The zero-order valence-corrected chi connectivity index (χ0v) is 10.7. The smallest absolute Gasteiger partial charge is 0.246 e. The van der Waals surface area contributed by atoms with E-state index in [1.165, 1.54) is 24.0 Å². The molecular formula is C13H16N2OS. The normalized spacial score (nSPS) is 10.4. The summed E-state index contributed by atoms with van der Waals surface area (Å²) < 4.78 is 13.4. The molecule has 0 saturated heterocycles. The minimum atomic E-state index is 0.555. The van der Waals surface area contributed by atoms with Crippen LogP contribution < -0.4 is 4.74 Å². The van der Waals surface area contributed by atoms with E-state index in [1.807, 2.05) is 0 Å². The highest BCUT2D eigenvalue weighted by Gasteiger charge is 1.99. The lowest BCUT2D eigenvalue weighted by atomic mass is 10.1. The van der Waals surface area contributed by atoms with Gasteiger partial charge in [-0.1, -0.05) is 37.6 Å². The molecule has 0 aliphatic heterocycles. The number of aromatic nitrogens is 2. The Bertz CT molecular complexity index is 425. The van der Waals surface area contributed by atoms with Gasteiger partial charge in [0.15, 0.2) is 0 Å². The predicted molar refractivity (Wildman–Crippen MR) is 69.3 cm³/mol. The van der Waals surface area contributed by atoms with Crippen molar-refractivity contribution in [3.05, 3.63) is 41.6 Å². The van der Waals surface area contributed by atoms with Gasteiger partial charge in [0.1, 0.15) is 12.8 Å². The van der Waals surface area contributed by atoms with E-state index < -0.39 is 0 Å². The maximum atomic E-state index is 5.49. The Balaban J connectivity index is 1.85. The van der Waals surface area contributed by atoms with Crippen LogP contribution in [0.15, 0.2) is 30.5 Å². The zero-order valence-electron chi connectivity index (χ0n) is 9.93. The summed E-state index contributed by atoms with van der Waals surface area (Å²) in [5.41, 5.74) is 2.56. The Kier molecular flexibility index (Phi) is 4.50. The molecule has 0 N–H and O–H groups in total. The number of unbranched alkanes of at least 4 members (excludes halogenated alkanes) is 1. The van der Waals surface area contributed by atoms with Crippen LogP contribution in [0.2, 0.25) is 0 Å². The molecule has 0 radical (unpaired) electrons. The van der Waals surface area contributed by atoms with Crippen molar-refractivity contribution in [2.24, 2.45) is 0 Å². The molecule has 0 fully saturated rings. The van der Waals surface area contributed by atoms with Crippen LogP contribution in [0.4, 0.5) is 0 Å². The van der Waals surface area contributed by atoms with Crippen molar-refractivity contribution in [1.82, 2.24) is 8.75 Å². The molecule has 1 aromatic carbocycles. The topological polar surface area (TPSA) is 35.0 Å². The van der Waals surface area contributed by atoms with Crippen LogP contribution in [0.25, 0.3) is 0 Å². The standard InChI is InChI=1S/C13H16N2OS/c1-2-3-4-11-5-7-12(8-6-11)10-16-13-9-14-17-15-13/h5-9H,2-4,10H2,1H3. The molecule has 0 aliphatic rings. The fourth-order valence-electron chi connectivity index (χ4n) is 1.56. The first-order valence-corrected chi connectivity index (χ1v) is 6.59. The van der Waals surface area contributed by atoms with E-state index in [-0.39, 0.29) is 0 Å². The quantitative estimate of drug-likeness (QED) is 0.785. The number of aryl methyl sites for hydroxylation is 1. The minimum Gasteiger partial charge on any atom is -0.471 e. The Morgan fingerprint density at radius 2 is 1.94 bits per heavy atom. The molecule has 17 heavy (non-hydrogen) atoms. The molecule has 1 aromatic heterocycles. The molecule has 1 heterocycles. The maximum absolute atomic E-state index is 5.49. The minimum absolute atomic E-state index is 0.555. The van der Waals surface area contributed by atoms with Crippen LogP contribution in [0, 0.1) is 0 Å². The first kappa shape index (κ1) is 12.0. The van der Waals surface area contributed by atoms with Crippen LogP contribution >= 0.6 is 11.7 Å². The van der Waals surface area contributed by atoms with Crippen LogP contribution in [0.1, 0.15) is 30.9 Å². The highest BCUT2D eigenvalue weighted by molar-refractivity contribution is 6.99. The van der Waals surface area contributed by atoms with Crippen molar-refractivity contribution < 1.29 is 4.74 Å². The summed E-state index contributed by atoms with van der Waals surface area (Å²) in [7, 11) is 0. The number of rotatable bonds is 6. The van der Waals surface area contributed by atoms with Crippen LogP contribution in [-0.2, 0) is 13.0 Å². The number of nitrogens with zero attached hydrogens (tertiary/aromatic N) is 2. The molecule has 0 amide bonds. The van der Waals surface area contributed by atoms with E-state index >= 15 is 0 Å². The third-order valence-electron chi connectivity index (χ3n) is 2.57. The molecule has 4 heteroatoms. The van der Waals surface area contributed by atoms with Crippen LogP contribution in [-0.4, -0.2) is 8.75 Å². The summed E-state index contributed by atoms with van der Waals surface area (Å²) in [5.74, 6) is 0.602. The zero-order chi connectivity index (χ0) is 11.9. The van der Waals surface area contributed by atoms with Crippen molar-refractivity contribution >= 4 is 11.7 Å². The highest BCUT2D eigenvalue weighted by Crippen LogP contribution is 2.11. The lowest BCUT2D eigenvalue weighted by Crippen LogP contribution is -1.95. The molecule has 2 aromatic rings. The molecule has 2 rings (SSSR count). The van der Waals surface area contributed by atoms with Gasteiger partial charge in [0, 0.05) is 0 Å². The molecule has 90 valence electrons. The monoisotopic (exact) mass is 248 g/mol. The van der Waals surface area contributed by atoms with Gasteiger partial charge in [-0.05, 0) is 24.0 Å². The largest absolute Gasteiger partial charge is 0.471 e. The van der Waals surface area contributed by atoms with Crippen LogP contribution in [0.3, 0.4) is 0 Å². The summed E-state index contributed by atoms with van der Waals surface area (Å²) in [6.45, 7) is 2.77. The van der Waals surface area contributed by atoms with Crippen molar-refractivity contribution in [2.45, 2.75) is 32.8 Å². The summed E-state index contributed by atoms with van der Waals surface area (Å²) in [6.07, 6.45) is 5.29. The summed E-state index contributed by atoms with van der Waals surface area (Å²) in [5, 5.41) is 0. The van der Waals surface area contributed by atoms with E-state index in [2.05, 4.69) is 39.9 Å². The lowest BCUT2D eigenvalue weighted by molar-refractivity contribution is 0.296. The van der Waals surface area contributed by atoms with Crippen LogP contribution in [0.5, 0.6) is 5.88 Å². The van der Waals surface area contributed by atoms with Gasteiger partial charge in [-0.15, -0.1) is 4.37 Å². The van der Waals surface area contributed by atoms with Gasteiger partial charge in [-0.3, -0.25) is 0 Å². The fourth-order valence-corrected chi connectivity index (χ4v) is 1.92. The Hall–Kier alpha value is -1.42. The molecule has 0 atom stereocenters. The third-order valence-corrected chi connectivity index (χ3v) is 3.03. The molecular weight excluding hydrogens is 232 g/mol. The first-order chi connectivity index (χ1) is 8.38. The van der Waals surface area contributed by atoms with Crippen molar-refractivity contribution in [3.63, 3.8) is 0 Å². The van der Waals surface area contributed by atoms with Gasteiger partial charge < -0.3 is 4.74 Å². The van der Waals surface area contributed by atoms with E-state index in [0.717, 1.165) is 18.1 Å². The summed E-state index contributed by atoms with van der Waals surface area (Å²) >= 11 is 1.16. The third kappa shape index (κ3) is 3.82. The van der Waals surface area contributed by atoms with E-state index in [0.29, 0.717) is 12.5 Å². The summed E-state index contributed by atoms with van der Waals surface area (Å²) in [6, 6.07) is 8.58. The first-order valence-electron chi connectivity index (χ1n) is 5.86. The van der Waals surface area contributed by atoms with Crippen molar-refractivity contribution in [2.75, 3.05) is 0 Å². The lowest BCUT2D eigenvalue weighted by Gasteiger charge is -2.04. The molecule has 0 unspecified atom stereocenters. The van der Waals surface area contributed by atoms with Gasteiger partial charge in [0.2, 0.25) is 5.88 Å². The van der Waals surface area contributed by atoms with Gasteiger partial charge in [0.05, 0.1) is 11.7 Å². The van der Waals surface area contributed by atoms with Gasteiger partial charge >= 0.3 is 0 Å². The van der Waals surface area contributed by atoms with Gasteiger partial charge in [-0.2, -0.15) is 4.37 Å². The average Bonchev–Trinajstić information content (AvgIpc) is 2.88. The second kappa shape index (κ2) is 6.35. The van der Waals surface area contributed by atoms with E-state index in [4.69, 9.17) is 4.74 Å².